The summed E-state index contributed by atoms with van der Waals surface area (Å²) < 4.78 is 37.7. The summed E-state index contributed by atoms with van der Waals surface area (Å²) in [5.74, 6) is -1.09. The van der Waals surface area contributed by atoms with Crippen LogP contribution in [0.4, 0.5) is 13.2 Å². The average Bonchev–Trinajstić information content (AvgIpc) is 2.28. The maximum absolute atomic E-state index is 12.6. The molecule has 1 heterocycles. The quantitative estimate of drug-likeness (QED) is 0.751. The van der Waals surface area contributed by atoms with Crippen LogP contribution in [0.3, 0.4) is 0 Å². The van der Waals surface area contributed by atoms with Gasteiger partial charge in [-0.05, 0) is 44.3 Å². The lowest BCUT2D eigenvalue weighted by Gasteiger charge is -2.38. The molecule has 1 rings (SSSR count). The number of alkyl halides is 3. The molecular formula is C14H27F3N2. The summed E-state index contributed by atoms with van der Waals surface area (Å²) in [6, 6.07) is 0. The van der Waals surface area contributed by atoms with Gasteiger partial charge in [0.1, 0.15) is 0 Å². The first-order chi connectivity index (χ1) is 8.74. The van der Waals surface area contributed by atoms with Crippen molar-refractivity contribution in [3.8, 4) is 0 Å². The molecule has 0 spiro atoms. The number of hydrogen-bond donors (Lipinski definition) is 1. The number of nitrogens with zero attached hydrogens (tertiary/aromatic N) is 1. The smallest absolute Gasteiger partial charge is 0.316 e. The van der Waals surface area contributed by atoms with Gasteiger partial charge in [-0.3, -0.25) is 0 Å². The van der Waals surface area contributed by atoms with Crippen molar-refractivity contribution >= 4 is 0 Å². The number of halogens is 3. The van der Waals surface area contributed by atoms with E-state index in [4.69, 9.17) is 0 Å². The minimum absolute atomic E-state index is 0.111. The van der Waals surface area contributed by atoms with Crippen LogP contribution in [-0.2, 0) is 0 Å². The third-order valence-corrected chi connectivity index (χ3v) is 3.73. The molecule has 0 aliphatic carbocycles. The highest BCUT2D eigenvalue weighted by atomic mass is 19.4. The highest BCUT2D eigenvalue weighted by molar-refractivity contribution is 4.82. The van der Waals surface area contributed by atoms with Gasteiger partial charge < -0.3 is 10.2 Å². The Morgan fingerprint density at radius 2 is 1.74 bits per heavy atom. The zero-order valence-electron chi connectivity index (χ0n) is 12.3. The fourth-order valence-corrected chi connectivity index (χ4v) is 2.68. The normalized spacial score (nSPS) is 19.9. The van der Waals surface area contributed by atoms with Gasteiger partial charge in [-0.15, -0.1) is 0 Å². The van der Waals surface area contributed by atoms with Crippen molar-refractivity contribution in [1.82, 2.24) is 10.2 Å². The van der Waals surface area contributed by atoms with Gasteiger partial charge in [0.25, 0.3) is 0 Å². The lowest BCUT2D eigenvalue weighted by atomic mass is 9.90. The van der Waals surface area contributed by atoms with Crippen molar-refractivity contribution < 1.29 is 13.2 Å². The second-order valence-electron chi connectivity index (χ2n) is 6.43. The Labute approximate surface area is 114 Å². The monoisotopic (exact) mass is 280 g/mol. The molecule has 0 aromatic carbocycles. The van der Waals surface area contributed by atoms with Crippen LogP contribution in [-0.4, -0.2) is 43.8 Å². The average molecular weight is 280 g/mol. The van der Waals surface area contributed by atoms with Gasteiger partial charge >= 0.3 is 6.18 Å². The van der Waals surface area contributed by atoms with Crippen LogP contribution in [0.2, 0.25) is 0 Å². The predicted molar refractivity (Wildman–Crippen MR) is 72.2 cm³/mol. The third kappa shape index (κ3) is 6.13. The van der Waals surface area contributed by atoms with Crippen molar-refractivity contribution in [1.29, 1.82) is 0 Å². The van der Waals surface area contributed by atoms with E-state index < -0.39 is 12.1 Å². The minimum atomic E-state index is -4.01. The summed E-state index contributed by atoms with van der Waals surface area (Å²) in [6.45, 7) is 10.4. The lowest BCUT2D eigenvalue weighted by Crippen LogP contribution is -2.45. The Bertz CT molecular complexity index is 256. The first-order valence-corrected chi connectivity index (χ1v) is 7.24. The van der Waals surface area contributed by atoms with Crippen LogP contribution in [0, 0.1) is 11.3 Å². The highest BCUT2D eigenvalue weighted by Crippen LogP contribution is 2.34. The van der Waals surface area contributed by atoms with E-state index in [0.29, 0.717) is 13.1 Å². The Hall–Kier alpha value is -0.290. The fourth-order valence-electron chi connectivity index (χ4n) is 2.68. The van der Waals surface area contributed by atoms with Gasteiger partial charge in [-0.1, -0.05) is 20.8 Å². The zero-order chi connectivity index (χ0) is 14.5. The summed E-state index contributed by atoms with van der Waals surface area (Å²) in [5.41, 5.74) is 0.111. The van der Waals surface area contributed by atoms with Gasteiger partial charge in [-0.2, -0.15) is 13.2 Å². The van der Waals surface area contributed by atoms with E-state index in [2.05, 4.69) is 31.0 Å². The molecule has 0 aromatic rings. The molecule has 0 radical (unpaired) electrons. The van der Waals surface area contributed by atoms with Crippen LogP contribution in [0.15, 0.2) is 0 Å². The zero-order valence-corrected chi connectivity index (χ0v) is 12.3. The van der Waals surface area contributed by atoms with Crippen molar-refractivity contribution in [2.24, 2.45) is 11.3 Å². The largest absolute Gasteiger partial charge is 0.391 e. The molecule has 114 valence electrons. The van der Waals surface area contributed by atoms with E-state index in [0.717, 1.165) is 26.1 Å². The molecule has 1 aliphatic rings. The van der Waals surface area contributed by atoms with Gasteiger partial charge in [0.05, 0.1) is 5.92 Å². The summed E-state index contributed by atoms with van der Waals surface area (Å²) in [7, 11) is 0. The van der Waals surface area contributed by atoms with Crippen molar-refractivity contribution in [3.05, 3.63) is 0 Å². The molecule has 1 aliphatic heterocycles. The van der Waals surface area contributed by atoms with E-state index in [1.54, 1.807) is 0 Å². The molecule has 1 fully saturated rings. The summed E-state index contributed by atoms with van der Waals surface area (Å²) in [6.07, 6.45) is -2.40. The van der Waals surface area contributed by atoms with Crippen LogP contribution in [0.25, 0.3) is 0 Å². The van der Waals surface area contributed by atoms with Gasteiger partial charge in [0.15, 0.2) is 0 Å². The number of hydrogen-bond acceptors (Lipinski definition) is 2. The van der Waals surface area contributed by atoms with E-state index in [1.165, 1.54) is 0 Å². The van der Waals surface area contributed by atoms with Gasteiger partial charge in [-0.25, -0.2) is 0 Å². The topological polar surface area (TPSA) is 15.3 Å². The van der Waals surface area contributed by atoms with Crippen LogP contribution in [0.5, 0.6) is 0 Å². The molecule has 2 nitrogen and oxygen atoms in total. The Morgan fingerprint density at radius 1 is 1.16 bits per heavy atom. The van der Waals surface area contributed by atoms with Gasteiger partial charge in [0, 0.05) is 13.1 Å². The maximum atomic E-state index is 12.6. The minimum Gasteiger partial charge on any atom is -0.316 e. The molecule has 1 N–H and O–H groups in total. The molecule has 19 heavy (non-hydrogen) atoms. The molecular weight excluding hydrogens is 253 g/mol. The molecule has 0 atom stereocenters. The summed E-state index contributed by atoms with van der Waals surface area (Å²) in [4.78, 5) is 2.18. The molecule has 0 saturated carbocycles. The first-order valence-electron chi connectivity index (χ1n) is 7.24. The van der Waals surface area contributed by atoms with E-state index in [-0.39, 0.29) is 18.3 Å². The maximum Gasteiger partial charge on any atom is 0.391 e. The fraction of sp³-hybridized carbons (Fsp3) is 1.00. The molecule has 0 bridgehead atoms. The Morgan fingerprint density at radius 3 is 2.21 bits per heavy atom. The molecule has 5 heteroatoms. The van der Waals surface area contributed by atoms with Crippen molar-refractivity contribution in [2.75, 3.05) is 32.7 Å². The molecule has 1 saturated heterocycles. The van der Waals surface area contributed by atoms with Crippen LogP contribution >= 0.6 is 0 Å². The van der Waals surface area contributed by atoms with E-state index in [9.17, 15) is 13.2 Å². The van der Waals surface area contributed by atoms with Crippen molar-refractivity contribution in [3.63, 3.8) is 0 Å². The Balaban J connectivity index is 2.31. The van der Waals surface area contributed by atoms with Crippen molar-refractivity contribution in [2.45, 2.75) is 46.2 Å². The summed E-state index contributed by atoms with van der Waals surface area (Å²) in [5, 5.41) is 3.39. The highest BCUT2D eigenvalue weighted by Gasteiger charge is 2.41. The second kappa shape index (κ2) is 6.93. The number of piperidine rings is 1. The third-order valence-electron chi connectivity index (χ3n) is 3.73. The first kappa shape index (κ1) is 16.8. The number of rotatable bonds is 6. The molecule has 0 unspecified atom stereocenters. The Kier molecular flexibility index (Phi) is 6.12. The standard InChI is InChI=1S/C14H27F3N2/c1-4-7-18-10-13(2,3)11-19-8-5-12(6-9-19)14(15,16)17/h12,18H,4-11H2,1-3H3. The number of likely N-dealkylation sites (tertiary alicyclic amines) is 1. The summed E-state index contributed by atoms with van der Waals surface area (Å²) >= 11 is 0. The SMILES string of the molecule is CCCNCC(C)(C)CN1CCC(C(F)(F)F)CC1. The predicted octanol–water partition coefficient (Wildman–Crippen LogP) is 3.29. The second-order valence-corrected chi connectivity index (χ2v) is 6.43. The van der Waals surface area contributed by atoms with E-state index >= 15 is 0 Å². The van der Waals surface area contributed by atoms with E-state index in [1.807, 2.05) is 0 Å². The molecule has 0 aromatic heterocycles. The van der Waals surface area contributed by atoms with Crippen LogP contribution in [0.1, 0.15) is 40.0 Å². The molecule has 0 amide bonds. The van der Waals surface area contributed by atoms with Gasteiger partial charge in [0.2, 0.25) is 0 Å². The van der Waals surface area contributed by atoms with Crippen LogP contribution < -0.4 is 5.32 Å². The lowest BCUT2D eigenvalue weighted by molar-refractivity contribution is -0.185. The number of nitrogens with one attached hydrogen (secondary N) is 1.